The summed E-state index contributed by atoms with van der Waals surface area (Å²) in [5.74, 6) is -0.401. The highest BCUT2D eigenvalue weighted by atomic mass is 16.5. The van der Waals surface area contributed by atoms with Crippen molar-refractivity contribution in [1.29, 1.82) is 0 Å². The third kappa shape index (κ3) is 2.98. The molecule has 0 aliphatic carbocycles. The largest absolute Gasteiger partial charge is 0.464 e. The Labute approximate surface area is 131 Å². The molecule has 3 rings (SSSR count). The first-order valence-corrected chi connectivity index (χ1v) is 7.72. The van der Waals surface area contributed by atoms with Crippen LogP contribution in [0.2, 0.25) is 0 Å². The Bertz CT molecular complexity index is 662. The first-order chi connectivity index (χ1) is 10.7. The quantitative estimate of drug-likeness (QED) is 0.864. The molecule has 2 heterocycles. The van der Waals surface area contributed by atoms with E-state index >= 15 is 0 Å². The lowest BCUT2D eigenvalue weighted by molar-refractivity contribution is 0.0594. The predicted octanol–water partition coefficient (Wildman–Crippen LogP) is 3.35. The van der Waals surface area contributed by atoms with Crippen molar-refractivity contribution in [1.82, 2.24) is 9.78 Å². The molecule has 1 aromatic heterocycles. The van der Waals surface area contributed by atoms with Crippen molar-refractivity contribution in [3.63, 3.8) is 0 Å². The van der Waals surface area contributed by atoms with Gasteiger partial charge < -0.3 is 10.1 Å². The van der Waals surface area contributed by atoms with Crippen LogP contribution in [0, 0.1) is 6.92 Å². The minimum Gasteiger partial charge on any atom is -0.464 e. The number of anilines is 1. The standard InChI is InChI=1S/C15H17N3O2.C2H6/c1-10-5-3-6-11(9-10)18-12-7-4-8-16-13(12)14(17-18)15(19)20-2;1-2/h3,5-6,9,16H,4,7-8H2,1-2H3;1-2H3. The van der Waals surface area contributed by atoms with E-state index in [0.717, 1.165) is 42.0 Å². The fourth-order valence-electron chi connectivity index (χ4n) is 2.55. The monoisotopic (exact) mass is 301 g/mol. The van der Waals surface area contributed by atoms with Gasteiger partial charge in [0.25, 0.3) is 0 Å². The van der Waals surface area contributed by atoms with Crippen molar-refractivity contribution in [2.24, 2.45) is 0 Å². The first-order valence-electron chi connectivity index (χ1n) is 7.72. The molecule has 0 amide bonds. The van der Waals surface area contributed by atoms with Crippen LogP contribution in [0.3, 0.4) is 0 Å². The second-order valence-corrected chi connectivity index (χ2v) is 4.94. The number of carbonyl (C=O) groups excluding carboxylic acids is 1. The Kier molecular flexibility index (Phi) is 5.20. The van der Waals surface area contributed by atoms with Crippen LogP contribution in [0.4, 0.5) is 5.69 Å². The molecule has 0 fully saturated rings. The summed E-state index contributed by atoms with van der Waals surface area (Å²) in [5, 5.41) is 7.72. The lowest BCUT2D eigenvalue weighted by atomic mass is 10.1. The maximum atomic E-state index is 11.9. The maximum absolute atomic E-state index is 11.9. The summed E-state index contributed by atoms with van der Waals surface area (Å²) in [6.07, 6.45) is 1.94. The summed E-state index contributed by atoms with van der Waals surface area (Å²) < 4.78 is 6.67. The molecule has 1 N–H and O–H groups in total. The number of fused-ring (bicyclic) bond motifs is 1. The Morgan fingerprint density at radius 3 is 2.82 bits per heavy atom. The van der Waals surface area contributed by atoms with Gasteiger partial charge in [-0.05, 0) is 37.5 Å². The number of ether oxygens (including phenoxy) is 1. The van der Waals surface area contributed by atoms with Crippen LogP contribution in [0.5, 0.6) is 0 Å². The van der Waals surface area contributed by atoms with Crippen LogP contribution in [0.1, 0.15) is 42.0 Å². The zero-order valence-corrected chi connectivity index (χ0v) is 13.6. The molecule has 5 nitrogen and oxygen atoms in total. The molecule has 118 valence electrons. The van der Waals surface area contributed by atoms with Crippen molar-refractivity contribution in [2.75, 3.05) is 19.0 Å². The third-order valence-electron chi connectivity index (χ3n) is 3.50. The van der Waals surface area contributed by atoms with E-state index in [4.69, 9.17) is 4.74 Å². The highest BCUT2D eigenvalue weighted by Gasteiger charge is 2.26. The van der Waals surface area contributed by atoms with Gasteiger partial charge in [-0.15, -0.1) is 0 Å². The van der Waals surface area contributed by atoms with E-state index in [0.29, 0.717) is 5.69 Å². The number of hydrogen-bond acceptors (Lipinski definition) is 4. The number of rotatable bonds is 2. The molecule has 0 bridgehead atoms. The van der Waals surface area contributed by atoms with Crippen LogP contribution >= 0.6 is 0 Å². The number of aryl methyl sites for hydroxylation is 1. The van der Waals surface area contributed by atoms with Crippen molar-refractivity contribution >= 4 is 11.7 Å². The van der Waals surface area contributed by atoms with Gasteiger partial charge in [0, 0.05) is 6.54 Å². The van der Waals surface area contributed by atoms with Crippen LogP contribution in [0.25, 0.3) is 5.69 Å². The van der Waals surface area contributed by atoms with Crippen molar-refractivity contribution in [3.8, 4) is 5.69 Å². The molecule has 5 heteroatoms. The van der Waals surface area contributed by atoms with Gasteiger partial charge in [0.2, 0.25) is 0 Å². The molecular weight excluding hydrogens is 278 g/mol. The van der Waals surface area contributed by atoms with Gasteiger partial charge in [0.1, 0.15) is 0 Å². The lowest BCUT2D eigenvalue weighted by Gasteiger charge is -2.16. The normalized spacial score (nSPS) is 12.5. The number of nitrogens with one attached hydrogen (secondary N) is 1. The van der Waals surface area contributed by atoms with Crippen molar-refractivity contribution in [2.45, 2.75) is 33.6 Å². The average Bonchev–Trinajstić information content (AvgIpc) is 2.96. The topological polar surface area (TPSA) is 56.1 Å². The van der Waals surface area contributed by atoms with Gasteiger partial charge >= 0.3 is 5.97 Å². The van der Waals surface area contributed by atoms with Crippen LogP contribution in [-0.4, -0.2) is 29.4 Å². The Balaban J connectivity index is 0.000000847. The number of methoxy groups -OCH3 is 1. The summed E-state index contributed by atoms with van der Waals surface area (Å²) >= 11 is 0. The fourth-order valence-corrected chi connectivity index (χ4v) is 2.55. The molecule has 0 spiro atoms. The molecule has 0 saturated carbocycles. The van der Waals surface area contributed by atoms with Crippen LogP contribution < -0.4 is 5.32 Å². The number of aromatic nitrogens is 2. The van der Waals surface area contributed by atoms with E-state index in [1.165, 1.54) is 7.11 Å². The smallest absolute Gasteiger partial charge is 0.360 e. The molecule has 22 heavy (non-hydrogen) atoms. The summed E-state index contributed by atoms with van der Waals surface area (Å²) in [4.78, 5) is 11.9. The SMILES string of the molecule is CC.COC(=O)c1nn(-c2cccc(C)c2)c2c1NCCC2. The fraction of sp³-hybridized carbons (Fsp3) is 0.412. The second kappa shape index (κ2) is 7.11. The van der Waals surface area contributed by atoms with E-state index in [-0.39, 0.29) is 0 Å². The number of hydrogen-bond donors (Lipinski definition) is 1. The third-order valence-corrected chi connectivity index (χ3v) is 3.50. The van der Waals surface area contributed by atoms with E-state index in [2.05, 4.69) is 16.5 Å². The first kappa shape index (κ1) is 16.1. The van der Waals surface area contributed by atoms with Gasteiger partial charge in [-0.2, -0.15) is 5.10 Å². The molecule has 0 saturated heterocycles. The number of carbonyl (C=O) groups is 1. The summed E-state index contributed by atoms with van der Waals surface area (Å²) in [7, 11) is 1.38. The van der Waals surface area contributed by atoms with Gasteiger partial charge in [-0.1, -0.05) is 26.0 Å². The summed E-state index contributed by atoms with van der Waals surface area (Å²) in [6, 6.07) is 8.09. The second-order valence-electron chi connectivity index (χ2n) is 4.94. The number of nitrogens with zero attached hydrogens (tertiary/aromatic N) is 2. The van der Waals surface area contributed by atoms with E-state index in [1.807, 2.05) is 43.7 Å². The van der Waals surface area contributed by atoms with Gasteiger partial charge in [-0.3, -0.25) is 0 Å². The molecule has 0 atom stereocenters. The predicted molar refractivity (Wildman–Crippen MR) is 87.8 cm³/mol. The molecular formula is C17H23N3O2. The Morgan fingerprint density at radius 1 is 1.36 bits per heavy atom. The van der Waals surface area contributed by atoms with E-state index in [1.54, 1.807) is 0 Å². The Morgan fingerprint density at radius 2 is 2.14 bits per heavy atom. The maximum Gasteiger partial charge on any atom is 0.360 e. The number of benzene rings is 1. The zero-order valence-electron chi connectivity index (χ0n) is 13.6. The highest BCUT2D eigenvalue weighted by Crippen LogP contribution is 2.29. The number of esters is 1. The molecule has 1 aromatic carbocycles. The molecule has 1 aliphatic rings. The average molecular weight is 301 g/mol. The van der Waals surface area contributed by atoms with Crippen LogP contribution in [-0.2, 0) is 11.2 Å². The van der Waals surface area contributed by atoms with Gasteiger partial charge in [0.15, 0.2) is 5.69 Å². The summed E-state index contributed by atoms with van der Waals surface area (Å²) in [6.45, 7) is 6.90. The van der Waals surface area contributed by atoms with Gasteiger partial charge in [-0.25, -0.2) is 9.48 Å². The Hall–Kier alpha value is -2.30. The molecule has 0 radical (unpaired) electrons. The minimum absolute atomic E-state index is 0.365. The lowest BCUT2D eigenvalue weighted by Crippen LogP contribution is -2.15. The van der Waals surface area contributed by atoms with Gasteiger partial charge in [0.05, 0.1) is 24.2 Å². The molecule has 2 aromatic rings. The summed E-state index contributed by atoms with van der Waals surface area (Å²) in [5.41, 5.74) is 4.35. The zero-order chi connectivity index (χ0) is 16.1. The van der Waals surface area contributed by atoms with Crippen molar-refractivity contribution < 1.29 is 9.53 Å². The minimum atomic E-state index is -0.401. The molecule has 1 aliphatic heterocycles. The highest BCUT2D eigenvalue weighted by molar-refractivity contribution is 5.94. The van der Waals surface area contributed by atoms with Crippen molar-refractivity contribution in [3.05, 3.63) is 41.2 Å². The molecule has 0 unspecified atom stereocenters. The van der Waals surface area contributed by atoms with E-state index < -0.39 is 5.97 Å². The van der Waals surface area contributed by atoms with E-state index in [9.17, 15) is 4.79 Å². The van der Waals surface area contributed by atoms with Crippen LogP contribution in [0.15, 0.2) is 24.3 Å².